The normalized spacial score (nSPS) is 40.1. The minimum absolute atomic E-state index is 0.0854. The van der Waals surface area contributed by atoms with Crippen LogP contribution in [0.25, 0.3) is 0 Å². The van der Waals surface area contributed by atoms with E-state index in [9.17, 15) is 0 Å². The minimum atomic E-state index is 0.0854. The summed E-state index contributed by atoms with van der Waals surface area (Å²) in [4.78, 5) is 1.72. The van der Waals surface area contributed by atoms with E-state index in [2.05, 4.69) is 56.7 Å². The van der Waals surface area contributed by atoms with Gasteiger partial charge in [0.15, 0.2) is 6.10 Å². The number of fused-ring (bicyclic) bond motifs is 1. The summed E-state index contributed by atoms with van der Waals surface area (Å²) in [6.45, 7) is 2.07. The van der Waals surface area contributed by atoms with Crippen LogP contribution in [-0.2, 0) is 9.47 Å². The Balaban J connectivity index is 1.68. The van der Waals surface area contributed by atoms with Crippen molar-refractivity contribution in [3.63, 3.8) is 0 Å². The molecular formula is C15H16Br2O2. The summed E-state index contributed by atoms with van der Waals surface area (Å²) in [7, 11) is 0. The van der Waals surface area contributed by atoms with Crippen molar-refractivity contribution in [1.82, 2.24) is 0 Å². The van der Waals surface area contributed by atoms with Crippen LogP contribution < -0.4 is 0 Å². The Kier molecular flexibility index (Phi) is 4.04. The molecule has 2 fully saturated rings. The summed E-state index contributed by atoms with van der Waals surface area (Å²) in [6, 6.07) is 0. The molecule has 3 rings (SSSR count). The maximum Gasteiger partial charge on any atom is 0.153 e. The first-order valence-corrected chi connectivity index (χ1v) is 8.30. The van der Waals surface area contributed by atoms with Gasteiger partial charge in [0.2, 0.25) is 0 Å². The Hall–Kier alpha value is -0.280. The van der Waals surface area contributed by atoms with Crippen molar-refractivity contribution in [3.8, 4) is 0 Å². The lowest BCUT2D eigenvalue weighted by atomic mass is 9.95. The molecule has 19 heavy (non-hydrogen) atoms. The molecule has 1 saturated carbocycles. The van der Waals surface area contributed by atoms with Gasteiger partial charge in [-0.2, -0.15) is 0 Å². The lowest BCUT2D eigenvalue weighted by Gasteiger charge is -2.45. The second kappa shape index (κ2) is 5.61. The fraction of sp³-hybridized carbons (Fsp3) is 0.533. The molecule has 102 valence electrons. The molecule has 2 heterocycles. The standard InChI is InChI=1S/C15H16Br2O2/c1-2-4-9-7-11(9)13-15-14(19-13)12(17)8-10(18-15)5-3-6-16/h2,4-6,9-11,13,15H,7-8H2,1H3. The van der Waals surface area contributed by atoms with E-state index in [0.717, 1.165) is 16.7 Å². The van der Waals surface area contributed by atoms with Crippen molar-refractivity contribution in [2.24, 2.45) is 11.8 Å². The predicted molar refractivity (Wildman–Crippen MR) is 82.1 cm³/mol. The summed E-state index contributed by atoms with van der Waals surface area (Å²) < 4.78 is 13.2. The Morgan fingerprint density at radius 2 is 2.26 bits per heavy atom. The van der Waals surface area contributed by atoms with Gasteiger partial charge in [-0.3, -0.25) is 0 Å². The molecule has 2 aliphatic heterocycles. The first kappa shape index (κ1) is 13.7. The van der Waals surface area contributed by atoms with Gasteiger partial charge in [0.05, 0.1) is 6.10 Å². The summed E-state index contributed by atoms with van der Waals surface area (Å²) in [5, 5.41) is 0. The van der Waals surface area contributed by atoms with Crippen molar-refractivity contribution in [2.75, 3.05) is 0 Å². The molecule has 0 amide bonds. The number of rotatable bonds is 3. The average Bonchev–Trinajstić information content (AvgIpc) is 3.09. The molecule has 5 atom stereocenters. The maximum absolute atomic E-state index is 6.10. The molecule has 4 heteroatoms. The zero-order valence-corrected chi connectivity index (χ0v) is 13.9. The molecule has 0 aromatic rings. The second-order valence-corrected chi connectivity index (χ2v) is 6.60. The van der Waals surface area contributed by atoms with E-state index in [1.165, 1.54) is 6.42 Å². The van der Waals surface area contributed by atoms with Crippen molar-refractivity contribution in [3.05, 3.63) is 39.2 Å². The average molecular weight is 388 g/mol. The third-order valence-corrected chi connectivity index (χ3v) is 4.87. The molecular weight excluding hydrogens is 372 g/mol. The molecule has 0 bridgehead atoms. The van der Waals surface area contributed by atoms with Crippen molar-refractivity contribution in [1.29, 1.82) is 0 Å². The van der Waals surface area contributed by atoms with E-state index in [4.69, 9.17) is 9.47 Å². The van der Waals surface area contributed by atoms with E-state index in [-0.39, 0.29) is 18.3 Å². The summed E-state index contributed by atoms with van der Waals surface area (Å²) >= 11 is 6.84. The summed E-state index contributed by atoms with van der Waals surface area (Å²) in [6.07, 6.45) is 8.86. The molecule has 5 unspecified atom stereocenters. The van der Waals surface area contributed by atoms with Crippen molar-refractivity contribution >= 4 is 31.9 Å². The molecule has 3 aliphatic rings. The van der Waals surface area contributed by atoms with Gasteiger partial charge >= 0.3 is 0 Å². The highest BCUT2D eigenvalue weighted by molar-refractivity contribution is 9.11. The predicted octanol–water partition coefficient (Wildman–Crippen LogP) is 4.43. The lowest BCUT2D eigenvalue weighted by molar-refractivity contribution is -0.167. The van der Waals surface area contributed by atoms with Gasteiger partial charge < -0.3 is 9.47 Å². The van der Waals surface area contributed by atoms with Crippen LogP contribution in [0.4, 0.5) is 0 Å². The minimum Gasteiger partial charge on any atom is -0.487 e. The Morgan fingerprint density at radius 1 is 1.42 bits per heavy atom. The molecule has 1 aliphatic carbocycles. The molecule has 0 aromatic heterocycles. The van der Waals surface area contributed by atoms with Gasteiger partial charge in [0, 0.05) is 21.8 Å². The molecule has 0 N–H and O–H groups in total. The Morgan fingerprint density at radius 3 is 3.00 bits per heavy atom. The quantitative estimate of drug-likeness (QED) is 0.527. The van der Waals surface area contributed by atoms with Gasteiger partial charge in [-0.05, 0) is 25.3 Å². The molecule has 0 spiro atoms. The van der Waals surface area contributed by atoms with Gasteiger partial charge in [-0.1, -0.05) is 44.0 Å². The maximum atomic E-state index is 6.10. The summed E-state index contributed by atoms with van der Waals surface area (Å²) in [5.74, 6) is 2.31. The number of allylic oxidation sites excluding steroid dienone is 2. The smallest absolute Gasteiger partial charge is 0.153 e. The van der Waals surface area contributed by atoms with E-state index < -0.39 is 0 Å². The second-order valence-electron chi connectivity index (χ2n) is 5.18. The third kappa shape index (κ3) is 2.64. The highest BCUT2D eigenvalue weighted by Crippen LogP contribution is 2.53. The monoisotopic (exact) mass is 386 g/mol. The number of ether oxygens (including phenoxy) is 2. The van der Waals surface area contributed by atoms with Crippen molar-refractivity contribution in [2.45, 2.75) is 38.1 Å². The molecule has 0 radical (unpaired) electrons. The molecule has 0 aromatic carbocycles. The fourth-order valence-electron chi connectivity index (χ4n) is 2.86. The number of hydrogen-bond donors (Lipinski definition) is 0. The van der Waals surface area contributed by atoms with E-state index in [0.29, 0.717) is 11.8 Å². The van der Waals surface area contributed by atoms with Crippen LogP contribution in [0, 0.1) is 11.8 Å². The zero-order valence-electron chi connectivity index (χ0n) is 10.7. The summed E-state index contributed by atoms with van der Waals surface area (Å²) in [5.41, 5.74) is 3.03. The van der Waals surface area contributed by atoms with Gasteiger partial charge in [-0.15, -0.1) is 5.73 Å². The van der Waals surface area contributed by atoms with Gasteiger partial charge in [0.25, 0.3) is 0 Å². The van der Waals surface area contributed by atoms with Crippen LogP contribution in [0.2, 0.25) is 0 Å². The van der Waals surface area contributed by atoms with E-state index >= 15 is 0 Å². The molecule has 2 nitrogen and oxygen atoms in total. The molecule has 1 saturated heterocycles. The van der Waals surface area contributed by atoms with Crippen LogP contribution >= 0.6 is 31.9 Å². The van der Waals surface area contributed by atoms with Crippen LogP contribution in [0.5, 0.6) is 0 Å². The lowest BCUT2D eigenvalue weighted by Crippen LogP contribution is -2.50. The van der Waals surface area contributed by atoms with Crippen LogP contribution in [0.3, 0.4) is 0 Å². The van der Waals surface area contributed by atoms with Crippen LogP contribution in [0.1, 0.15) is 19.8 Å². The van der Waals surface area contributed by atoms with E-state index in [1.54, 1.807) is 4.99 Å². The number of halogens is 2. The Labute approximate surface area is 130 Å². The fourth-order valence-corrected chi connectivity index (χ4v) is 3.65. The van der Waals surface area contributed by atoms with Crippen LogP contribution in [-0.4, -0.2) is 18.3 Å². The zero-order chi connectivity index (χ0) is 13.4. The largest absolute Gasteiger partial charge is 0.487 e. The van der Waals surface area contributed by atoms with Gasteiger partial charge in [0.1, 0.15) is 11.9 Å². The van der Waals surface area contributed by atoms with Crippen molar-refractivity contribution < 1.29 is 9.47 Å². The highest BCUT2D eigenvalue weighted by atomic mass is 79.9. The first-order valence-electron chi connectivity index (χ1n) is 6.59. The van der Waals surface area contributed by atoms with Gasteiger partial charge in [-0.25, -0.2) is 0 Å². The topological polar surface area (TPSA) is 18.5 Å². The SMILES string of the molecule is CC=CC1CC1C1OC2=C(Br)CC(C=C=CBr)OC21. The third-order valence-electron chi connectivity index (χ3n) is 3.89. The van der Waals surface area contributed by atoms with Crippen LogP contribution in [0.15, 0.2) is 39.2 Å². The Bertz CT molecular complexity index is 488. The highest BCUT2D eigenvalue weighted by Gasteiger charge is 2.55. The first-order chi connectivity index (χ1) is 9.24. The number of hydrogen-bond acceptors (Lipinski definition) is 2. The van der Waals surface area contributed by atoms with E-state index in [1.807, 2.05) is 6.08 Å².